The van der Waals surface area contributed by atoms with Gasteiger partial charge >= 0.3 is 0 Å². The van der Waals surface area contributed by atoms with Crippen molar-refractivity contribution >= 4 is 50.7 Å². The summed E-state index contributed by atoms with van der Waals surface area (Å²) in [5, 5.41) is 3.59. The summed E-state index contributed by atoms with van der Waals surface area (Å²) in [5.74, 6) is -0.695. The number of carbonyl (C=O) groups is 2. The van der Waals surface area contributed by atoms with Gasteiger partial charge in [0.2, 0.25) is 21.8 Å². The molecule has 2 aromatic carbocycles. The molecule has 10 heteroatoms. The largest absolute Gasteiger partial charge is 0.352 e. The predicted molar refractivity (Wildman–Crippen MR) is 149 cm³/mol. The number of aryl methyl sites for hydroxylation is 1. The van der Waals surface area contributed by atoms with Gasteiger partial charge in [-0.2, -0.15) is 0 Å². The van der Waals surface area contributed by atoms with Crippen molar-refractivity contribution in [2.45, 2.75) is 71.0 Å². The number of nitrogens with zero attached hydrogens (tertiary/aromatic N) is 2. The molecule has 0 heterocycles. The van der Waals surface area contributed by atoms with Crippen molar-refractivity contribution in [1.29, 1.82) is 0 Å². The van der Waals surface area contributed by atoms with Crippen LogP contribution in [0.5, 0.6) is 0 Å². The van der Waals surface area contributed by atoms with Crippen LogP contribution in [0.3, 0.4) is 0 Å². The molecule has 1 atom stereocenters. The fourth-order valence-electron chi connectivity index (χ4n) is 4.72. The Hall–Kier alpha value is -2.29. The Morgan fingerprint density at radius 3 is 2.35 bits per heavy atom. The van der Waals surface area contributed by atoms with Gasteiger partial charge in [0.15, 0.2) is 0 Å². The van der Waals surface area contributed by atoms with E-state index >= 15 is 0 Å². The number of halogens is 2. The van der Waals surface area contributed by atoms with Crippen LogP contribution in [0.15, 0.2) is 42.5 Å². The summed E-state index contributed by atoms with van der Waals surface area (Å²) >= 11 is 12.1. The minimum absolute atomic E-state index is 0.0925. The SMILES string of the molecule is CC[C@H](C(=O)NC1CCCCC1)N(Cc1cccc(C)c1)C(=O)CN(c1ccc(Cl)c(Cl)c1)S(C)(=O)=O. The summed E-state index contributed by atoms with van der Waals surface area (Å²) in [7, 11) is -3.85. The number of hydrogen-bond donors (Lipinski definition) is 1. The van der Waals surface area contributed by atoms with Gasteiger partial charge < -0.3 is 10.2 Å². The Morgan fingerprint density at radius 2 is 1.76 bits per heavy atom. The van der Waals surface area contributed by atoms with Gasteiger partial charge in [0, 0.05) is 12.6 Å². The molecule has 0 saturated heterocycles. The number of anilines is 1. The molecule has 0 aliphatic heterocycles. The lowest BCUT2D eigenvalue weighted by atomic mass is 9.95. The highest BCUT2D eigenvalue weighted by atomic mass is 35.5. The Balaban J connectivity index is 1.93. The van der Waals surface area contributed by atoms with Crippen LogP contribution in [0.25, 0.3) is 0 Å². The van der Waals surface area contributed by atoms with Crippen LogP contribution in [0, 0.1) is 6.92 Å². The molecule has 1 aliphatic rings. The maximum Gasteiger partial charge on any atom is 0.244 e. The van der Waals surface area contributed by atoms with Crippen molar-refractivity contribution < 1.29 is 18.0 Å². The van der Waals surface area contributed by atoms with E-state index in [-0.39, 0.29) is 34.2 Å². The molecule has 1 N–H and O–H groups in total. The smallest absolute Gasteiger partial charge is 0.244 e. The van der Waals surface area contributed by atoms with E-state index in [0.29, 0.717) is 6.42 Å². The first-order valence-electron chi connectivity index (χ1n) is 12.6. The van der Waals surface area contributed by atoms with E-state index < -0.39 is 28.5 Å². The number of rotatable bonds is 10. The molecule has 1 fully saturated rings. The van der Waals surface area contributed by atoms with Gasteiger partial charge in [0.05, 0.1) is 22.0 Å². The molecule has 0 aromatic heterocycles. The van der Waals surface area contributed by atoms with Gasteiger partial charge in [0.25, 0.3) is 0 Å². The van der Waals surface area contributed by atoms with Crippen molar-refractivity contribution in [2.24, 2.45) is 0 Å². The lowest BCUT2D eigenvalue weighted by Crippen LogP contribution is -2.53. The molecule has 3 rings (SSSR count). The number of carbonyl (C=O) groups excluding carboxylic acids is 2. The first-order chi connectivity index (χ1) is 17.5. The molecule has 2 aromatic rings. The van der Waals surface area contributed by atoms with Gasteiger partial charge in [-0.15, -0.1) is 0 Å². The predicted octanol–water partition coefficient (Wildman–Crippen LogP) is 5.32. The van der Waals surface area contributed by atoms with Crippen LogP contribution in [-0.2, 0) is 26.2 Å². The van der Waals surface area contributed by atoms with Crippen molar-refractivity contribution in [1.82, 2.24) is 10.2 Å². The van der Waals surface area contributed by atoms with E-state index in [1.807, 2.05) is 38.1 Å². The zero-order valence-electron chi connectivity index (χ0n) is 21.5. The molecule has 1 aliphatic carbocycles. The quantitative estimate of drug-likeness (QED) is 0.420. The molecule has 0 spiro atoms. The van der Waals surface area contributed by atoms with Crippen molar-refractivity contribution in [2.75, 3.05) is 17.1 Å². The van der Waals surface area contributed by atoms with Crippen molar-refractivity contribution in [3.05, 3.63) is 63.6 Å². The maximum absolute atomic E-state index is 13.8. The van der Waals surface area contributed by atoms with E-state index in [0.717, 1.165) is 53.8 Å². The molecule has 37 heavy (non-hydrogen) atoms. The zero-order chi connectivity index (χ0) is 27.2. The van der Waals surface area contributed by atoms with E-state index in [1.54, 1.807) is 0 Å². The van der Waals surface area contributed by atoms with Gasteiger partial charge in [0.1, 0.15) is 12.6 Å². The number of benzene rings is 2. The maximum atomic E-state index is 13.8. The van der Waals surface area contributed by atoms with Crippen molar-refractivity contribution in [3.8, 4) is 0 Å². The Bertz CT molecular complexity index is 1220. The normalized spacial score (nSPS) is 15.2. The monoisotopic (exact) mass is 567 g/mol. The molecule has 0 radical (unpaired) electrons. The zero-order valence-corrected chi connectivity index (χ0v) is 23.9. The number of hydrogen-bond acceptors (Lipinski definition) is 4. The second-order valence-electron chi connectivity index (χ2n) is 9.65. The van der Waals surface area contributed by atoms with Gasteiger partial charge in [-0.05, 0) is 49.9 Å². The highest BCUT2D eigenvalue weighted by molar-refractivity contribution is 7.92. The van der Waals surface area contributed by atoms with Crippen molar-refractivity contribution in [3.63, 3.8) is 0 Å². The van der Waals surface area contributed by atoms with Gasteiger partial charge in [-0.1, -0.05) is 79.2 Å². The average Bonchev–Trinajstić information content (AvgIpc) is 2.84. The number of sulfonamides is 1. The van der Waals surface area contributed by atoms with Crippen LogP contribution in [0.1, 0.15) is 56.6 Å². The lowest BCUT2D eigenvalue weighted by molar-refractivity contribution is -0.140. The number of nitrogens with one attached hydrogen (secondary N) is 1. The minimum Gasteiger partial charge on any atom is -0.352 e. The molecule has 202 valence electrons. The minimum atomic E-state index is -3.85. The van der Waals surface area contributed by atoms with Crippen LogP contribution in [0.2, 0.25) is 10.0 Å². The highest BCUT2D eigenvalue weighted by Gasteiger charge is 2.33. The van der Waals surface area contributed by atoms with Crippen LogP contribution in [0.4, 0.5) is 5.69 Å². The van der Waals surface area contributed by atoms with E-state index in [9.17, 15) is 18.0 Å². The molecule has 1 saturated carbocycles. The van der Waals surface area contributed by atoms with E-state index in [4.69, 9.17) is 23.2 Å². The second kappa shape index (κ2) is 13.0. The summed E-state index contributed by atoms with van der Waals surface area (Å²) in [4.78, 5) is 28.7. The fourth-order valence-corrected chi connectivity index (χ4v) is 5.86. The summed E-state index contributed by atoms with van der Waals surface area (Å²) < 4.78 is 26.4. The fraction of sp³-hybridized carbons (Fsp3) is 0.481. The third-order valence-electron chi connectivity index (χ3n) is 6.64. The Kier molecular flexibility index (Phi) is 10.3. The molecule has 2 amide bonds. The first-order valence-corrected chi connectivity index (χ1v) is 15.2. The summed E-state index contributed by atoms with van der Waals surface area (Å²) in [6.07, 6.45) is 6.57. The highest BCUT2D eigenvalue weighted by Crippen LogP contribution is 2.29. The molecule has 0 bridgehead atoms. The third-order valence-corrected chi connectivity index (χ3v) is 8.52. The average molecular weight is 569 g/mol. The number of amides is 2. The van der Waals surface area contributed by atoms with Crippen LogP contribution in [-0.4, -0.2) is 50.0 Å². The standard InChI is InChI=1S/C27H35Cl2N3O4S/c1-4-25(27(34)30-21-11-6-5-7-12-21)31(17-20-10-8-9-19(2)15-20)26(33)18-32(37(3,35)36)22-13-14-23(28)24(29)16-22/h8-10,13-16,21,25H,4-7,11-12,17-18H2,1-3H3,(H,30,34)/t25-/m1/s1. The van der Waals surface area contributed by atoms with Crippen LogP contribution >= 0.6 is 23.2 Å². The van der Waals surface area contributed by atoms with E-state index in [2.05, 4.69) is 5.32 Å². The summed E-state index contributed by atoms with van der Waals surface area (Å²) in [5.41, 5.74) is 2.11. The molecular weight excluding hydrogens is 533 g/mol. The summed E-state index contributed by atoms with van der Waals surface area (Å²) in [6, 6.07) is 11.5. The lowest BCUT2D eigenvalue weighted by Gasteiger charge is -2.34. The Morgan fingerprint density at radius 1 is 1.05 bits per heavy atom. The summed E-state index contributed by atoms with van der Waals surface area (Å²) in [6.45, 7) is 3.51. The Labute approximate surface area is 230 Å². The topological polar surface area (TPSA) is 86.8 Å². The third kappa shape index (κ3) is 8.09. The van der Waals surface area contributed by atoms with E-state index in [1.165, 1.54) is 23.1 Å². The molecular formula is C27H35Cl2N3O4S. The first kappa shape index (κ1) is 29.3. The molecule has 7 nitrogen and oxygen atoms in total. The second-order valence-corrected chi connectivity index (χ2v) is 12.4. The van der Waals surface area contributed by atoms with Gasteiger partial charge in [-0.3, -0.25) is 13.9 Å². The van der Waals surface area contributed by atoms with Crippen LogP contribution < -0.4 is 9.62 Å². The molecule has 0 unspecified atom stereocenters. The van der Waals surface area contributed by atoms with Gasteiger partial charge in [-0.25, -0.2) is 8.42 Å².